The van der Waals surface area contributed by atoms with Crippen LogP contribution in [-0.4, -0.2) is 22.2 Å². The molecule has 0 aliphatic carbocycles. The minimum atomic E-state index is -1.25. The lowest BCUT2D eigenvalue weighted by atomic mass is 9.95. The van der Waals surface area contributed by atoms with Crippen molar-refractivity contribution in [3.8, 4) is 36.8 Å². The fourth-order valence-electron chi connectivity index (χ4n) is 1.82. The van der Waals surface area contributed by atoms with E-state index in [0.29, 0.717) is 11.1 Å². The number of carboxylic acids is 2. The van der Waals surface area contributed by atoms with Crippen LogP contribution in [0.5, 0.6) is 0 Å². The molecule has 22 heavy (non-hydrogen) atoms. The fraction of sp³-hybridized carbons (Fsp3) is 0. The molecule has 0 aromatic heterocycles. The van der Waals surface area contributed by atoms with E-state index < -0.39 is 11.9 Å². The highest BCUT2D eigenvalue weighted by molar-refractivity contribution is 6.06. The van der Waals surface area contributed by atoms with Gasteiger partial charge in [-0.1, -0.05) is 42.5 Å². The lowest BCUT2D eigenvalue weighted by Gasteiger charge is -2.08. The summed E-state index contributed by atoms with van der Waals surface area (Å²) >= 11 is 0. The lowest BCUT2D eigenvalue weighted by Crippen LogP contribution is -2.09. The number of terminal acetylenes is 2. The Balaban J connectivity index is 0.00000102. The molecule has 0 unspecified atom stereocenters. The Morgan fingerprint density at radius 2 is 1.27 bits per heavy atom. The number of carbonyl (C=O) groups is 2. The average Bonchev–Trinajstić information content (AvgIpc) is 2.58. The SMILES string of the molecule is C#C.C#C.O=C(O)c1cccc(-c2ccccc2)c1C(=O)O. The summed E-state index contributed by atoms with van der Waals surface area (Å²) in [5.41, 5.74) is 0.695. The number of carboxylic acid groups (broad SMARTS) is 2. The van der Waals surface area contributed by atoms with Gasteiger partial charge >= 0.3 is 11.9 Å². The monoisotopic (exact) mass is 294 g/mol. The van der Waals surface area contributed by atoms with Crippen molar-refractivity contribution in [1.82, 2.24) is 0 Å². The van der Waals surface area contributed by atoms with E-state index in [1.807, 2.05) is 6.07 Å². The van der Waals surface area contributed by atoms with Gasteiger partial charge in [0.15, 0.2) is 0 Å². The minimum Gasteiger partial charge on any atom is -0.478 e. The highest BCUT2D eigenvalue weighted by Gasteiger charge is 2.20. The van der Waals surface area contributed by atoms with E-state index in [1.165, 1.54) is 12.1 Å². The van der Waals surface area contributed by atoms with Gasteiger partial charge in [-0.25, -0.2) is 9.59 Å². The maximum atomic E-state index is 11.3. The Kier molecular flexibility index (Phi) is 7.91. The van der Waals surface area contributed by atoms with Crippen LogP contribution in [-0.2, 0) is 0 Å². The fourth-order valence-corrected chi connectivity index (χ4v) is 1.82. The summed E-state index contributed by atoms with van der Waals surface area (Å²) in [5, 5.41) is 18.2. The minimum absolute atomic E-state index is 0.184. The lowest BCUT2D eigenvalue weighted by molar-refractivity contribution is 0.0652. The van der Waals surface area contributed by atoms with Crippen LogP contribution in [0.1, 0.15) is 20.7 Å². The van der Waals surface area contributed by atoms with Crippen molar-refractivity contribution < 1.29 is 19.8 Å². The standard InChI is InChI=1S/C14H10O4.2C2H2/c15-13(16)11-8-4-7-10(12(11)14(17)18)9-5-2-1-3-6-9;2*1-2/h1-8H,(H,15,16)(H,17,18);2*1-2H. The number of hydrogen-bond acceptors (Lipinski definition) is 2. The van der Waals surface area contributed by atoms with Crippen LogP contribution in [0.3, 0.4) is 0 Å². The van der Waals surface area contributed by atoms with Gasteiger partial charge in [-0.05, 0) is 17.2 Å². The summed E-state index contributed by atoms with van der Waals surface area (Å²) in [7, 11) is 0. The normalized spacial score (nSPS) is 8.36. The molecule has 0 saturated heterocycles. The first kappa shape index (κ1) is 18.5. The highest BCUT2D eigenvalue weighted by Crippen LogP contribution is 2.26. The molecule has 0 fully saturated rings. The molecular weight excluding hydrogens is 280 g/mol. The molecule has 2 aromatic rings. The molecule has 2 aromatic carbocycles. The zero-order chi connectivity index (χ0) is 17.1. The largest absolute Gasteiger partial charge is 0.478 e. The van der Waals surface area contributed by atoms with Crippen LogP contribution in [0.2, 0.25) is 0 Å². The molecule has 0 amide bonds. The first-order chi connectivity index (χ1) is 10.6. The van der Waals surface area contributed by atoms with Crippen molar-refractivity contribution in [3.05, 3.63) is 59.7 Å². The number of rotatable bonds is 3. The van der Waals surface area contributed by atoms with E-state index in [9.17, 15) is 14.7 Å². The Hall–Kier alpha value is -3.50. The van der Waals surface area contributed by atoms with Gasteiger partial charge in [0, 0.05) is 0 Å². The summed E-state index contributed by atoms with van der Waals surface area (Å²) in [6.07, 6.45) is 16.0. The van der Waals surface area contributed by atoms with Gasteiger partial charge in [0.1, 0.15) is 0 Å². The molecule has 2 rings (SSSR count). The predicted octanol–water partition coefficient (Wildman–Crippen LogP) is 3.25. The molecule has 0 aliphatic rings. The summed E-state index contributed by atoms with van der Waals surface area (Å²) in [6, 6.07) is 13.3. The summed E-state index contributed by atoms with van der Waals surface area (Å²) in [4.78, 5) is 22.3. The van der Waals surface area contributed by atoms with Crippen molar-refractivity contribution in [2.24, 2.45) is 0 Å². The highest BCUT2D eigenvalue weighted by atomic mass is 16.4. The van der Waals surface area contributed by atoms with Crippen molar-refractivity contribution in [2.75, 3.05) is 0 Å². The molecule has 110 valence electrons. The van der Waals surface area contributed by atoms with Crippen LogP contribution >= 0.6 is 0 Å². The summed E-state index contributed by atoms with van der Waals surface area (Å²) in [6.45, 7) is 0. The molecule has 0 bridgehead atoms. The first-order valence-electron chi connectivity index (χ1n) is 5.93. The molecule has 0 saturated carbocycles. The maximum absolute atomic E-state index is 11.3. The Labute approximate surface area is 129 Å². The quantitative estimate of drug-likeness (QED) is 0.852. The van der Waals surface area contributed by atoms with Crippen molar-refractivity contribution in [3.63, 3.8) is 0 Å². The maximum Gasteiger partial charge on any atom is 0.337 e. The smallest absolute Gasteiger partial charge is 0.337 e. The van der Waals surface area contributed by atoms with Crippen molar-refractivity contribution >= 4 is 11.9 Å². The van der Waals surface area contributed by atoms with Crippen molar-refractivity contribution in [1.29, 1.82) is 0 Å². The third-order valence-electron chi connectivity index (χ3n) is 2.59. The van der Waals surface area contributed by atoms with Crippen LogP contribution in [0.4, 0.5) is 0 Å². The molecule has 4 nitrogen and oxygen atoms in total. The van der Waals surface area contributed by atoms with Gasteiger partial charge in [0.05, 0.1) is 11.1 Å². The van der Waals surface area contributed by atoms with E-state index in [1.54, 1.807) is 30.3 Å². The molecule has 0 spiro atoms. The van der Waals surface area contributed by atoms with Crippen molar-refractivity contribution in [2.45, 2.75) is 0 Å². The Bertz CT molecular complexity index is 676. The molecule has 2 N–H and O–H groups in total. The summed E-state index contributed by atoms with van der Waals surface area (Å²) < 4.78 is 0. The molecule has 4 heteroatoms. The third kappa shape index (κ3) is 4.26. The first-order valence-corrected chi connectivity index (χ1v) is 5.93. The number of aromatic carboxylic acids is 2. The Morgan fingerprint density at radius 3 is 1.73 bits per heavy atom. The molecule has 0 aliphatic heterocycles. The van der Waals surface area contributed by atoms with E-state index in [0.717, 1.165) is 0 Å². The molecule has 0 heterocycles. The van der Waals surface area contributed by atoms with Crippen LogP contribution in [0.25, 0.3) is 11.1 Å². The predicted molar refractivity (Wildman–Crippen MR) is 85.6 cm³/mol. The summed E-state index contributed by atoms with van der Waals surface area (Å²) in [5.74, 6) is -2.49. The second kappa shape index (κ2) is 9.41. The van der Waals surface area contributed by atoms with Crippen LogP contribution < -0.4 is 0 Å². The Morgan fingerprint density at radius 1 is 0.727 bits per heavy atom. The number of benzene rings is 2. The average molecular weight is 294 g/mol. The number of hydrogen-bond donors (Lipinski definition) is 2. The third-order valence-corrected chi connectivity index (χ3v) is 2.59. The van der Waals surface area contributed by atoms with Gasteiger partial charge in [-0.15, -0.1) is 25.7 Å². The van der Waals surface area contributed by atoms with Gasteiger partial charge in [0.2, 0.25) is 0 Å². The van der Waals surface area contributed by atoms with E-state index in [4.69, 9.17) is 5.11 Å². The van der Waals surface area contributed by atoms with Crippen LogP contribution in [0, 0.1) is 25.7 Å². The topological polar surface area (TPSA) is 74.6 Å². The zero-order valence-electron chi connectivity index (χ0n) is 11.6. The van der Waals surface area contributed by atoms with Crippen LogP contribution in [0.15, 0.2) is 48.5 Å². The second-order valence-corrected chi connectivity index (χ2v) is 3.70. The molecule has 0 radical (unpaired) electrons. The van der Waals surface area contributed by atoms with Gasteiger partial charge in [-0.3, -0.25) is 0 Å². The molecular formula is C18H14O4. The van der Waals surface area contributed by atoms with Gasteiger partial charge in [0.25, 0.3) is 0 Å². The van der Waals surface area contributed by atoms with E-state index >= 15 is 0 Å². The van der Waals surface area contributed by atoms with E-state index in [-0.39, 0.29) is 11.1 Å². The zero-order valence-corrected chi connectivity index (χ0v) is 11.6. The van der Waals surface area contributed by atoms with Gasteiger partial charge < -0.3 is 10.2 Å². The molecule has 0 atom stereocenters. The van der Waals surface area contributed by atoms with E-state index in [2.05, 4.69) is 25.7 Å². The second-order valence-electron chi connectivity index (χ2n) is 3.70. The van der Waals surface area contributed by atoms with Gasteiger partial charge in [-0.2, -0.15) is 0 Å².